The molecule has 2 aliphatic heterocycles. The Labute approximate surface area is 201 Å². The molecule has 0 bridgehead atoms. The van der Waals surface area contributed by atoms with E-state index in [2.05, 4.69) is 27.8 Å². The van der Waals surface area contributed by atoms with Gasteiger partial charge in [0.15, 0.2) is 11.9 Å². The van der Waals surface area contributed by atoms with Gasteiger partial charge in [0.2, 0.25) is 0 Å². The van der Waals surface area contributed by atoms with Crippen LogP contribution in [0.5, 0.6) is 5.75 Å². The number of hydrogen-bond donors (Lipinski definition) is 0. The molecule has 180 valence electrons. The number of halogens is 3. The van der Waals surface area contributed by atoms with Gasteiger partial charge in [0, 0.05) is 42.8 Å². The zero-order chi connectivity index (χ0) is 23.5. The van der Waals surface area contributed by atoms with Crippen molar-refractivity contribution in [3.63, 3.8) is 0 Å². The highest BCUT2D eigenvalue weighted by Crippen LogP contribution is 2.38. The maximum absolute atomic E-state index is 12.7. The Hall–Kier alpha value is -2.29. The number of nitrogens with zero attached hydrogens (tertiary/aromatic N) is 2. The minimum absolute atomic E-state index is 0.0823. The van der Waals surface area contributed by atoms with E-state index in [1.807, 2.05) is 6.07 Å². The van der Waals surface area contributed by atoms with Crippen molar-refractivity contribution >= 4 is 22.5 Å². The van der Waals surface area contributed by atoms with E-state index in [1.165, 1.54) is 5.69 Å². The van der Waals surface area contributed by atoms with Crippen LogP contribution in [0.1, 0.15) is 18.5 Å². The molecule has 3 aromatic rings. The lowest BCUT2D eigenvalue weighted by atomic mass is 9.98. The van der Waals surface area contributed by atoms with Crippen LogP contribution >= 0.6 is 11.8 Å². The first-order valence-electron chi connectivity index (χ1n) is 11.7. The first-order valence-corrected chi connectivity index (χ1v) is 12.6. The number of fused-ring (bicyclic) bond motifs is 3. The van der Waals surface area contributed by atoms with Gasteiger partial charge in [-0.25, -0.2) is 4.57 Å². The second-order valence-corrected chi connectivity index (χ2v) is 9.86. The van der Waals surface area contributed by atoms with Gasteiger partial charge >= 0.3 is 5.51 Å². The van der Waals surface area contributed by atoms with E-state index in [1.54, 1.807) is 24.3 Å². The third kappa shape index (κ3) is 5.50. The van der Waals surface area contributed by atoms with Gasteiger partial charge in [0.1, 0.15) is 12.3 Å². The molecule has 0 N–H and O–H groups in total. The van der Waals surface area contributed by atoms with E-state index in [-0.39, 0.29) is 16.7 Å². The first-order chi connectivity index (χ1) is 16.5. The predicted molar refractivity (Wildman–Crippen MR) is 127 cm³/mol. The van der Waals surface area contributed by atoms with Crippen molar-refractivity contribution in [2.24, 2.45) is 0 Å². The van der Waals surface area contributed by atoms with Gasteiger partial charge in [0.05, 0.1) is 30.8 Å². The fourth-order valence-electron chi connectivity index (χ4n) is 4.81. The van der Waals surface area contributed by atoms with Gasteiger partial charge in [-0.1, -0.05) is 12.1 Å². The minimum Gasteiger partial charge on any atom is -0.494 e. The molecule has 0 aliphatic carbocycles. The van der Waals surface area contributed by atoms with E-state index in [0.717, 1.165) is 86.3 Å². The lowest BCUT2D eigenvalue weighted by Gasteiger charge is -2.26. The fraction of sp³-hybridized carbons (Fsp3) is 0.423. The average Bonchev–Trinajstić information content (AvgIpc) is 3.31. The van der Waals surface area contributed by atoms with Crippen LogP contribution < -0.4 is 9.30 Å². The van der Waals surface area contributed by atoms with Crippen LogP contribution in [0.15, 0.2) is 53.6 Å². The lowest BCUT2D eigenvalue weighted by molar-refractivity contribution is -0.689. The van der Waals surface area contributed by atoms with Crippen molar-refractivity contribution in [2.45, 2.75) is 36.2 Å². The summed E-state index contributed by atoms with van der Waals surface area (Å²) in [5.41, 5.74) is -1.04. The number of pyridine rings is 1. The largest absolute Gasteiger partial charge is 0.494 e. The minimum atomic E-state index is -4.28. The maximum atomic E-state index is 12.7. The van der Waals surface area contributed by atoms with Gasteiger partial charge in [0.25, 0.3) is 0 Å². The number of rotatable bonds is 7. The smallest absolute Gasteiger partial charge is 0.446 e. The molecule has 3 heterocycles. The lowest BCUT2D eigenvalue weighted by Crippen LogP contribution is -2.37. The first kappa shape index (κ1) is 23.5. The summed E-state index contributed by atoms with van der Waals surface area (Å²) in [6.07, 6.45) is 5.20. The Balaban J connectivity index is 1.36. The summed E-state index contributed by atoms with van der Waals surface area (Å²) < 4.78 is 51.9. The van der Waals surface area contributed by atoms with Crippen LogP contribution in [0, 0.1) is 0 Å². The molecule has 0 amide bonds. The second-order valence-electron chi connectivity index (χ2n) is 8.72. The fourth-order valence-corrected chi connectivity index (χ4v) is 5.35. The highest BCUT2D eigenvalue weighted by molar-refractivity contribution is 8.00. The van der Waals surface area contributed by atoms with Gasteiger partial charge in [-0.15, -0.1) is 0 Å². The molecule has 1 fully saturated rings. The van der Waals surface area contributed by atoms with Gasteiger partial charge < -0.3 is 9.47 Å². The SMILES string of the molecule is FC(F)(F)Sc1ccc(-c2c[n+]3c(c4cc(OCCCN5CCOCC5)ccc24)CCC3)cc1. The molecule has 0 spiro atoms. The summed E-state index contributed by atoms with van der Waals surface area (Å²) in [6, 6.07) is 12.9. The number of hydrogen-bond acceptors (Lipinski definition) is 4. The van der Waals surface area contributed by atoms with Crippen LogP contribution in [0.2, 0.25) is 0 Å². The molecule has 4 nitrogen and oxygen atoms in total. The van der Waals surface area contributed by atoms with E-state index < -0.39 is 5.51 Å². The number of morpholine rings is 1. The summed E-state index contributed by atoms with van der Waals surface area (Å²) in [6.45, 7) is 6.20. The standard InChI is InChI=1S/C26H28F3N2O2S/c27-26(28,29)34-21-7-4-19(5-8-21)24-18-31-11-1-3-25(31)23-17-20(6-9-22(23)24)33-14-2-10-30-12-15-32-16-13-30/h4-9,17-18H,1-3,10-16H2/q+1. The van der Waals surface area contributed by atoms with Gasteiger partial charge in [-0.05, 0) is 54.1 Å². The number of aryl methyl sites for hydroxylation is 2. The Bertz CT molecular complexity index is 1150. The third-order valence-corrected chi connectivity index (χ3v) is 7.17. The molecule has 8 heteroatoms. The molecular formula is C26H28F3N2O2S+. The van der Waals surface area contributed by atoms with Crippen LogP contribution in [-0.4, -0.2) is 49.9 Å². The summed E-state index contributed by atoms with van der Waals surface area (Å²) in [4.78, 5) is 2.60. The quantitative estimate of drug-likeness (QED) is 0.250. The summed E-state index contributed by atoms with van der Waals surface area (Å²) in [5.74, 6) is 0.859. The number of benzene rings is 2. The topological polar surface area (TPSA) is 25.6 Å². The molecule has 0 radical (unpaired) electrons. The Morgan fingerprint density at radius 2 is 1.82 bits per heavy atom. The van der Waals surface area contributed by atoms with Crippen LogP contribution in [0.4, 0.5) is 13.2 Å². The van der Waals surface area contributed by atoms with Crippen molar-refractivity contribution in [3.8, 4) is 16.9 Å². The van der Waals surface area contributed by atoms with Crippen molar-refractivity contribution in [3.05, 3.63) is 54.4 Å². The monoisotopic (exact) mass is 489 g/mol. The van der Waals surface area contributed by atoms with E-state index in [9.17, 15) is 13.2 Å². The molecule has 1 aromatic heterocycles. The molecule has 2 aromatic carbocycles. The molecular weight excluding hydrogens is 461 g/mol. The Kier molecular flexibility index (Phi) is 6.99. The summed E-state index contributed by atoms with van der Waals surface area (Å²) in [5, 5.41) is 2.26. The number of alkyl halides is 3. The molecule has 0 atom stereocenters. The van der Waals surface area contributed by atoms with Crippen LogP contribution in [-0.2, 0) is 17.7 Å². The Morgan fingerprint density at radius 3 is 2.59 bits per heavy atom. The van der Waals surface area contributed by atoms with Crippen molar-refractivity contribution in [1.29, 1.82) is 0 Å². The van der Waals surface area contributed by atoms with Gasteiger partial charge in [-0.2, -0.15) is 13.2 Å². The molecule has 5 rings (SSSR count). The number of ether oxygens (including phenoxy) is 2. The molecule has 1 saturated heterocycles. The van der Waals surface area contributed by atoms with Gasteiger partial charge in [-0.3, -0.25) is 4.90 Å². The van der Waals surface area contributed by atoms with Crippen LogP contribution in [0.3, 0.4) is 0 Å². The van der Waals surface area contributed by atoms with E-state index in [4.69, 9.17) is 9.47 Å². The van der Waals surface area contributed by atoms with Crippen molar-refractivity contribution in [1.82, 2.24) is 4.90 Å². The highest BCUT2D eigenvalue weighted by atomic mass is 32.2. The molecule has 0 unspecified atom stereocenters. The number of thioether (sulfide) groups is 1. The molecule has 34 heavy (non-hydrogen) atoms. The van der Waals surface area contributed by atoms with Crippen molar-refractivity contribution in [2.75, 3.05) is 39.5 Å². The predicted octanol–water partition coefficient (Wildman–Crippen LogP) is 5.45. The normalized spacial score (nSPS) is 16.7. The van der Waals surface area contributed by atoms with Crippen LogP contribution in [0.25, 0.3) is 21.9 Å². The second kappa shape index (κ2) is 10.1. The third-order valence-electron chi connectivity index (χ3n) is 6.43. The summed E-state index contributed by atoms with van der Waals surface area (Å²) >= 11 is -0.0823. The molecule has 2 aliphatic rings. The zero-order valence-electron chi connectivity index (χ0n) is 18.9. The van der Waals surface area contributed by atoms with E-state index in [0.29, 0.717) is 6.61 Å². The average molecular weight is 490 g/mol. The maximum Gasteiger partial charge on any atom is 0.446 e. The highest BCUT2D eigenvalue weighted by Gasteiger charge is 2.29. The zero-order valence-corrected chi connectivity index (χ0v) is 19.8. The van der Waals surface area contributed by atoms with E-state index >= 15 is 0 Å². The summed E-state index contributed by atoms with van der Waals surface area (Å²) in [7, 11) is 0. The number of aromatic nitrogens is 1. The molecule has 0 saturated carbocycles. The van der Waals surface area contributed by atoms with Crippen molar-refractivity contribution < 1.29 is 27.2 Å². The Morgan fingerprint density at radius 1 is 1.03 bits per heavy atom.